The zero-order chi connectivity index (χ0) is 13.0. The summed E-state index contributed by atoms with van der Waals surface area (Å²) in [6, 6.07) is 8.41. The Labute approximate surface area is 108 Å². The minimum Gasteiger partial charge on any atom is -0.355 e. The number of benzene rings is 1. The summed E-state index contributed by atoms with van der Waals surface area (Å²) in [5.41, 5.74) is 1.98. The Hall–Kier alpha value is -1.39. The normalized spacial score (nSPS) is 20.7. The predicted octanol–water partition coefficient (Wildman–Crippen LogP) is 0.840. The number of rotatable bonds is 3. The zero-order valence-electron chi connectivity index (χ0n) is 11.1. The van der Waals surface area contributed by atoms with E-state index in [1.807, 2.05) is 24.3 Å². The maximum atomic E-state index is 11.4. The lowest BCUT2D eigenvalue weighted by atomic mass is 10.1. The molecule has 1 aliphatic rings. The van der Waals surface area contributed by atoms with Gasteiger partial charge in [-0.2, -0.15) is 0 Å². The average Bonchev–Trinajstić information content (AvgIpc) is 2.39. The van der Waals surface area contributed by atoms with Gasteiger partial charge < -0.3 is 10.6 Å². The highest BCUT2D eigenvalue weighted by Gasteiger charge is 2.15. The van der Waals surface area contributed by atoms with Crippen molar-refractivity contribution in [1.82, 2.24) is 15.5 Å². The van der Waals surface area contributed by atoms with Crippen LogP contribution in [0.25, 0.3) is 0 Å². The van der Waals surface area contributed by atoms with Crippen LogP contribution in [-0.4, -0.2) is 43.5 Å². The number of piperazine rings is 1. The topological polar surface area (TPSA) is 44.4 Å². The highest BCUT2D eigenvalue weighted by Crippen LogP contribution is 2.09. The van der Waals surface area contributed by atoms with E-state index in [9.17, 15) is 4.79 Å². The Bertz CT molecular complexity index is 402. The minimum absolute atomic E-state index is 0.0302. The van der Waals surface area contributed by atoms with Gasteiger partial charge in [0.1, 0.15) is 0 Å². The smallest absolute Gasteiger partial charge is 0.251 e. The first-order valence-corrected chi connectivity index (χ1v) is 6.46. The fourth-order valence-electron chi connectivity index (χ4n) is 2.32. The van der Waals surface area contributed by atoms with Crippen LogP contribution >= 0.6 is 0 Å². The van der Waals surface area contributed by atoms with Gasteiger partial charge in [0.25, 0.3) is 5.91 Å². The maximum Gasteiger partial charge on any atom is 0.251 e. The third-order valence-corrected chi connectivity index (χ3v) is 3.30. The van der Waals surface area contributed by atoms with Crippen molar-refractivity contribution in [3.63, 3.8) is 0 Å². The third kappa shape index (κ3) is 3.31. The van der Waals surface area contributed by atoms with Crippen LogP contribution in [0.5, 0.6) is 0 Å². The Morgan fingerprint density at radius 3 is 2.78 bits per heavy atom. The van der Waals surface area contributed by atoms with Crippen molar-refractivity contribution in [3.05, 3.63) is 35.4 Å². The van der Waals surface area contributed by atoms with E-state index in [0.717, 1.165) is 31.7 Å². The van der Waals surface area contributed by atoms with Crippen LogP contribution in [0.3, 0.4) is 0 Å². The van der Waals surface area contributed by atoms with E-state index in [2.05, 4.69) is 22.5 Å². The van der Waals surface area contributed by atoms with Gasteiger partial charge in [0.05, 0.1) is 0 Å². The zero-order valence-corrected chi connectivity index (χ0v) is 11.1. The average molecular weight is 247 g/mol. The van der Waals surface area contributed by atoms with Crippen LogP contribution in [0, 0.1) is 0 Å². The summed E-state index contributed by atoms with van der Waals surface area (Å²) in [4.78, 5) is 13.9. The van der Waals surface area contributed by atoms with E-state index in [1.54, 1.807) is 7.05 Å². The van der Waals surface area contributed by atoms with Crippen LogP contribution in [0.2, 0.25) is 0 Å². The monoisotopic (exact) mass is 247 g/mol. The first-order valence-electron chi connectivity index (χ1n) is 6.46. The second-order valence-electron chi connectivity index (χ2n) is 4.87. The van der Waals surface area contributed by atoms with E-state index >= 15 is 0 Å². The van der Waals surface area contributed by atoms with Gasteiger partial charge >= 0.3 is 0 Å². The number of carbonyl (C=O) groups excluding carboxylic acids is 1. The molecule has 1 fully saturated rings. The Balaban J connectivity index is 1.95. The van der Waals surface area contributed by atoms with E-state index in [1.165, 1.54) is 5.56 Å². The molecule has 4 heteroatoms. The third-order valence-electron chi connectivity index (χ3n) is 3.30. The molecule has 0 aliphatic carbocycles. The summed E-state index contributed by atoms with van der Waals surface area (Å²) in [6.07, 6.45) is 0. The molecule has 2 N–H and O–H groups in total. The molecule has 1 aromatic carbocycles. The number of hydrogen-bond acceptors (Lipinski definition) is 3. The van der Waals surface area contributed by atoms with E-state index in [4.69, 9.17) is 0 Å². The molecule has 0 aromatic heterocycles. The van der Waals surface area contributed by atoms with Gasteiger partial charge in [0.2, 0.25) is 0 Å². The van der Waals surface area contributed by atoms with Crippen molar-refractivity contribution in [2.75, 3.05) is 26.7 Å². The lowest BCUT2D eigenvalue weighted by Gasteiger charge is -2.31. The van der Waals surface area contributed by atoms with Crippen molar-refractivity contribution >= 4 is 5.91 Å². The number of hydrogen-bond donors (Lipinski definition) is 2. The fraction of sp³-hybridized carbons (Fsp3) is 0.500. The predicted molar refractivity (Wildman–Crippen MR) is 72.6 cm³/mol. The molecule has 0 saturated carbocycles. The van der Waals surface area contributed by atoms with Gasteiger partial charge in [-0.3, -0.25) is 9.69 Å². The van der Waals surface area contributed by atoms with Crippen LogP contribution in [-0.2, 0) is 6.54 Å². The van der Waals surface area contributed by atoms with E-state index in [-0.39, 0.29) is 5.91 Å². The summed E-state index contributed by atoms with van der Waals surface area (Å²) in [5.74, 6) is -0.0302. The van der Waals surface area contributed by atoms with Gasteiger partial charge in [-0.1, -0.05) is 12.1 Å². The SMILES string of the molecule is CNC(=O)c1ccc(CN2CCNC(C)C2)cc1. The maximum absolute atomic E-state index is 11.4. The molecule has 0 radical (unpaired) electrons. The molecule has 0 spiro atoms. The van der Waals surface area contributed by atoms with Gasteiger partial charge in [-0.05, 0) is 24.6 Å². The van der Waals surface area contributed by atoms with Crippen LogP contribution in [0.1, 0.15) is 22.8 Å². The van der Waals surface area contributed by atoms with Gasteiger partial charge in [-0.25, -0.2) is 0 Å². The molecular weight excluding hydrogens is 226 g/mol. The molecule has 1 amide bonds. The highest BCUT2D eigenvalue weighted by atomic mass is 16.1. The van der Waals surface area contributed by atoms with Gasteiger partial charge in [-0.15, -0.1) is 0 Å². The van der Waals surface area contributed by atoms with Crippen LogP contribution in [0.15, 0.2) is 24.3 Å². The molecular formula is C14H21N3O. The molecule has 0 bridgehead atoms. The molecule has 1 aliphatic heterocycles. The Morgan fingerprint density at radius 1 is 1.44 bits per heavy atom. The molecule has 4 nitrogen and oxygen atoms in total. The Morgan fingerprint density at radius 2 is 2.17 bits per heavy atom. The lowest BCUT2D eigenvalue weighted by molar-refractivity contribution is 0.0963. The summed E-state index contributed by atoms with van der Waals surface area (Å²) >= 11 is 0. The summed E-state index contributed by atoms with van der Waals surface area (Å²) in [5, 5.41) is 6.07. The molecule has 1 saturated heterocycles. The standard InChI is InChI=1S/C14H21N3O/c1-11-9-17(8-7-16-11)10-12-3-5-13(6-4-12)14(18)15-2/h3-6,11,16H,7-10H2,1-2H3,(H,15,18). The number of amides is 1. The van der Waals surface area contributed by atoms with E-state index in [0.29, 0.717) is 6.04 Å². The fourth-order valence-corrected chi connectivity index (χ4v) is 2.32. The summed E-state index contributed by atoms with van der Waals surface area (Å²) < 4.78 is 0. The first kappa shape index (κ1) is 13.1. The Kier molecular flexibility index (Phi) is 4.33. The van der Waals surface area contributed by atoms with Gasteiger partial charge in [0.15, 0.2) is 0 Å². The first-order chi connectivity index (χ1) is 8.69. The number of nitrogens with zero attached hydrogens (tertiary/aromatic N) is 1. The molecule has 98 valence electrons. The van der Waals surface area contributed by atoms with Crippen LogP contribution in [0.4, 0.5) is 0 Å². The summed E-state index contributed by atoms with van der Waals surface area (Å²) in [6.45, 7) is 6.39. The quantitative estimate of drug-likeness (QED) is 0.832. The molecule has 18 heavy (non-hydrogen) atoms. The van der Waals surface area contributed by atoms with Crippen molar-refractivity contribution < 1.29 is 4.79 Å². The minimum atomic E-state index is -0.0302. The molecule has 2 rings (SSSR count). The van der Waals surface area contributed by atoms with E-state index < -0.39 is 0 Å². The number of carbonyl (C=O) groups is 1. The van der Waals surface area contributed by atoms with Crippen molar-refractivity contribution in [2.24, 2.45) is 0 Å². The summed E-state index contributed by atoms with van der Waals surface area (Å²) in [7, 11) is 1.65. The van der Waals surface area contributed by atoms with Crippen LogP contribution < -0.4 is 10.6 Å². The second kappa shape index (κ2) is 5.98. The number of nitrogens with one attached hydrogen (secondary N) is 2. The van der Waals surface area contributed by atoms with Crippen molar-refractivity contribution in [1.29, 1.82) is 0 Å². The molecule has 1 atom stereocenters. The molecule has 1 aromatic rings. The van der Waals surface area contributed by atoms with Crippen molar-refractivity contribution in [2.45, 2.75) is 19.5 Å². The van der Waals surface area contributed by atoms with Gasteiger partial charge in [0, 0.05) is 44.8 Å². The molecule has 1 unspecified atom stereocenters. The second-order valence-corrected chi connectivity index (χ2v) is 4.87. The lowest BCUT2D eigenvalue weighted by Crippen LogP contribution is -2.48. The molecule has 1 heterocycles. The van der Waals surface area contributed by atoms with Crippen molar-refractivity contribution in [3.8, 4) is 0 Å². The largest absolute Gasteiger partial charge is 0.355 e. The highest BCUT2D eigenvalue weighted by molar-refractivity contribution is 5.93.